The van der Waals surface area contributed by atoms with Gasteiger partial charge in [0, 0.05) is 0 Å². The summed E-state index contributed by atoms with van der Waals surface area (Å²) in [5.74, 6) is 2.85. The molecule has 0 saturated heterocycles. The number of carbonyl (C=O) groups excluding carboxylic acids is 2. The standard InChI is InChI=1S/C54H70O4/c1-3-15-41-25-29-43(30-26-41)17-11-13-19-45-33-37-49(38-34-45)53(55)57-51(47-21-7-5-8-22-47)52(48-23-9-6-10-24-48)58-54(56)50-39-35-46(36-40-50)20-14-12-18-44-31-27-42(16-4-2)28-32-44/h5-10,21-24,33-44,51-52H,3-4,11-20,25-32H2,1-2H3/t41-,42-,43-,44-,51-,52-/m1/s1. The second kappa shape index (κ2) is 23.4. The molecule has 2 atom stereocenters. The third kappa shape index (κ3) is 13.4. The van der Waals surface area contributed by atoms with E-state index in [1.165, 1.54) is 127 Å². The smallest absolute Gasteiger partial charge is 0.338 e. The Kier molecular flexibility index (Phi) is 17.5. The molecule has 0 heterocycles. The maximum atomic E-state index is 13.8. The van der Waals surface area contributed by atoms with Gasteiger partial charge < -0.3 is 9.47 Å². The molecule has 4 heteroatoms. The molecule has 2 aliphatic rings. The van der Waals surface area contributed by atoms with E-state index in [9.17, 15) is 9.59 Å². The molecule has 310 valence electrons. The van der Waals surface area contributed by atoms with Crippen LogP contribution in [0, 0.1) is 23.7 Å². The fourth-order valence-electron chi connectivity index (χ4n) is 9.83. The van der Waals surface area contributed by atoms with Gasteiger partial charge in [0.15, 0.2) is 12.2 Å². The largest absolute Gasteiger partial charge is 0.450 e. The first-order valence-corrected chi connectivity index (χ1v) is 23.2. The highest BCUT2D eigenvalue weighted by atomic mass is 16.6. The van der Waals surface area contributed by atoms with Crippen LogP contribution in [0.5, 0.6) is 0 Å². The second-order valence-electron chi connectivity index (χ2n) is 17.7. The van der Waals surface area contributed by atoms with Crippen molar-refractivity contribution in [3.63, 3.8) is 0 Å². The Labute approximate surface area is 350 Å². The molecule has 4 nitrogen and oxygen atoms in total. The number of aryl methyl sites for hydroxylation is 2. The normalized spacial score (nSPS) is 20.5. The molecule has 0 aromatic heterocycles. The Morgan fingerprint density at radius 3 is 1.10 bits per heavy atom. The lowest BCUT2D eigenvalue weighted by molar-refractivity contribution is -0.0388. The van der Waals surface area contributed by atoms with Crippen LogP contribution in [0.4, 0.5) is 0 Å². The molecular formula is C54H70O4. The monoisotopic (exact) mass is 783 g/mol. The van der Waals surface area contributed by atoms with Crippen LogP contribution in [0.15, 0.2) is 109 Å². The number of rotatable bonds is 21. The highest BCUT2D eigenvalue weighted by Gasteiger charge is 2.33. The third-order valence-electron chi connectivity index (χ3n) is 13.4. The van der Waals surface area contributed by atoms with E-state index in [1.54, 1.807) is 0 Å². The van der Waals surface area contributed by atoms with Gasteiger partial charge in [-0.1, -0.05) is 202 Å². The average molecular weight is 783 g/mol. The molecule has 4 aromatic rings. The van der Waals surface area contributed by atoms with Crippen LogP contribution in [0.2, 0.25) is 0 Å². The summed E-state index contributed by atoms with van der Waals surface area (Å²) < 4.78 is 12.6. The predicted octanol–water partition coefficient (Wildman–Crippen LogP) is 14.8. The number of hydrogen-bond acceptors (Lipinski definition) is 4. The minimum atomic E-state index is -0.849. The summed E-state index contributed by atoms with van der Waals surface area (Å²) in [7, 11) is 0. The molecule has 0 aliphatic heterocycles. The topological polar surface area (TPSA) is 52.6 Å². The Morgan fingerprint density at radius 2 is 0.776 bits per heavy atom. The lowest BCUT2D eigenvalue weighted by Crippen LogP contribution is -2.23. The minimum Gasteiger partial charge on any atom is -0.450 e. The Bertz CT molecular complexity index is 1620. The van der Waals surface area contributed by atoms with E-state index in [0.717, 1.165) is 47.6 Å². The number of ether oxygens (including phenoxy) is 2. The Hall–Kier alpha value is -4.18. The molecule has 58 heavy (non-hydrogen) atoms. The van der Waals surface area contributed by atoms with Crippen molar-refractivity contribution in [1.29, 1.82) is 0 Å². The molecular weight excluding hydrogens is 713 g/mol. The number of benzene rings is 4. The minimum absolute atomic E-state index is 0.440. The van der Waals surface area contributed by atoms with Crippen molar-refractivity contribution in [1.82, 2.24) is 0 Å². The molecule has 0 spiro atoms. The first-order chi connectivity index (χ1) is 28.5. The number of unbranched alkanes of at least 4 members (excludes halogenated alkanes) is 2. The summed E-state index contributed by atoms with van der Waals surface area (Å²) >= 11 is 0. The summed E-state index contributed by atoms with van der Waals surface area (Å²) in [6.45, 7) is 4.62. The zero-order chi connectivity index (χ0) is 40.4. The van der Waals surface area contributed by atoms with E-state index in [1.807, 2.05) is 84.9 Å². The zero-order valence-corrected chi connectivity index (χ0v) is 35.6. The summed E-state index contributed by atoms with van der Waals surface area (Å²) in [6, 6.07) is 35.0. The van der Waals surface area contributed by atoms with Crippen LogP contribution in [0.1, 0.15) is 185 Å². The molecule has 0 bridgehead atoms. The zero-order valence-electron chi connectivity index (χ0n) is 35.6. The summed E-state index contributed by atoms with van der Waals surface area (Å²) in [6.07, 6.45) is 24.6. The van der Waals surface area contributed by atoms with Gasteiger partial charge in [-0.2, -0.15) is 0 Å². The SMILES string of the molecule is CCC[C@H]1CC[C@H](CCCCc2ccc(C(=O)O[C@H](c3ccccc3)[C@H](OC(=O)c3ccc(CCCC[C@H]4CC[C@H](CCC)CC4)cc3)c3ccccc3)cc2)CC1. The second-order valence-corrected chi connectivity index (χ2v) is 17.7. The predicted molar refractivity (Wildman–Crippen MR) is 238 cm³/mol. The highest BCUT2D eigenvalue weighted by Crippen LogP contribution is 2.38. The number of carbonyl (C=O) groups is 2. The first-order valence-electron chi connectivity index (χ1n) is 23.2. The van der Waals surface area contributed by atoms with Crippen LogP contribution in [0.25, 0.3) is 0 Å². The molecule has 2 aliphatic carbocycles. The third-order valence-corrected chi connectivity index (χ3v) is 13.4. The van der Waals surface area contributed by atoms with Crippen molar-refractivity contribution in [2.45, 2.75) is 154 Å². The first kappa shape index (κ1) is 43.4. The maximum absolute atomic E-state index is 13.8. The highest BCUT2D eigenvalue weighted by molar-refractivity contribution is 5.90. The van der Waals surface area contributed by atoms with Gasteiger partial charge in [-0.3, -0.25) is 0 Å². The van der Waals surface area contributed by atoms with Gasteiger partial charge in [-0.25, -0.2) is 9.59 Å². The van der Waals surface area contributed by atoms with Crippen LogP contribution in [-0.4, -0.2) is 11.9 Å². The van der Waals surface area contributed by atoms with Crippen LogP contribution < -0.4 is 0 Å². The van der Waals surface area contributed by atoms with Gasteiger partial charge in [0.25, 0.3) is 0 Å². The van der Waals surface area contributed by atoms with E-state index >= 15 is 0 Å². The maximum Gasteiger partial charge on any atom is 0.338 e. The molecule has 0 unspecified atom stereocenters. The van der Waals surface area contributed by atoms with E-state index in [4.69, 9.17) is 9.47 Å². The van der Waals surface area contributed by atoms with E-state index in [2.05, 4.69) is 38.1 Å². The molecule has 0 radical (unpaired) electrons. The molecule has 0 N–H and O–H groups in total. The van der Waals surface area contributed by atoms with Gasteiger partial charge in [0.1, 0.15) is 0 Å². The molecule has 4 aromatic carbocycles. The summed E-state index contributed by atoms with van der Waals surface area (Å²) in [4.78, 5) is 27.7. The van der Waals surface area contributed by atoms with E-state index < -0.39 is 24.1 Å². The molecule has 6 rings (SSSR count). The Balaban J connectivity index is 1.04. The van der Waals surface area contributed by atoms with Crippen molar-refractivity contribution >= 4 is 11.9 Å². The van der Waals surface area contributed by atoms with E-state index in [0.29, 0.717) is 11.1 Å². The van der Waals surface area contributed by atoms with Crippen molar-refractivity contribution in [2.24, 2.45) is 23.7 Å². The van der Waals surface area contributed by atoms with Crippen molar-refractivity contribution < 1.29 is 19.1 Å². The van der Waals surface area contributed by atoms with Gasteiger partial charge in [0.2, 0.25) is 0 Å². The Morgan fingerprint density at radius 1 is 0.448 bits per heavy atom. The van der Waals surface area contributed by atoms with E-state index in [-0.39, 0.29) is 0 Å². The van der Waals surface area contributed by atoms with Crippen LogP contribution >= 0.6 is 0 Å². The number of hydrogen-bond donors (Lipinski definition) is 0. The number of esters is 2. The lowest BCUT2D eigenvalue weighted by atomic mass is 9.78. The van der Waals surface area contributed by atoms with Crippen molar-refractivity contribution in [3.8, 4) is 0 Å². The van der Waals surface area contributed by atoms with Gasteiger partial charge in [-0.15, -0.1) is 0 Å². The molecule has 0 amide bonds. The lowest BCUT2D eigenvalue weighted by Gasteiger charge is -2.28. The van der Waals surface area contributed by atoms with Crippen molar-refractivity contribution in [3.05, 3.63) is 143 Å². The van der Waals surface area contributed by atoms with Gasteiger partial charge in [-0.05, 0) is 95.9 Å². The molecule has 2 saturated carbocycles. The van der Waals surface area contributed by atoms with Gasteiger partial charge in [0.05, 0.1) is 11.1 Å². The summed E-state index contributed by atoms with van der Waals surface area (Å²) in [5, 5.41) is 0. The van der Waals surface area contributed by atoms with Crippen molar-refractivity contribution in [2.75, 3.05) is 0 Å². The fraction of sp³-hybridized carbons (Fsp3) is 0.519. The molecule has 2 fully saturated rings. The quantitative estimate of drug-likeness (QED) is 0.0624. The van der Waals surface area contributed by atoms with Crippen LogP contribution in [0.3, 0.4) is 0 Å². The fourth-order valence-corrected chi connectivity index (χ4v) is 9.83. The summed E-state index contributed by atoms with van der Waals surface area (Å²) in [5.41, 5.74) is 4.98. The van der Waals surface area contributed by atoms with Gasteiger partial charge >= 0.3 is 11.9 Å². The average Bonchev–Trinajstić information content (AvgIpc) is 3.27. The van der Waals surface area contributed by atoms with Crippen LogP contribution in [-0.2, 0) is 22.3 Å².